The highest BCUT2D eigenvalue weighted by molar-refractivity contribution is 5.89. The fourth-order valence-electron chi connectivity index (χ4n) is 3.28. The quantitative estimate of drug-likeness (QED) is 0.669. The number of carbonyl (C=O) groups excluding carboxylic acids is 1. The van der Waals surface area contributed by atoms with Gasteiger partial charge in [-0.2, -0.15) is 5.26 Å². The zero-order valence-corrected chi connectivity index (χ0v) is 14.7. The van der Waals surface area contributed by atoms with Crippen molar-refractivity contribution < 1.29 is 14.3 Å². The van der Waals surface area contributed by atoms with Gasteiger partial charge >= 0.3 is 5.97 Å². The molecule has 4 heteroatoms. The van der Waals surface area contributed by atoms with Crippen molar-refractivity contribution in [2.75, 3.05) is 6.61 Å². The van der Waals surface area contributed by atoms with Crippen LogP contribution in [0, 0.1) is 16.7 Å². The van der Waals surface area contributed by atoms with Crippen molar-refractivity contribution in [2.24, 2.45) is 5.41 Å². The van der Waals surface area contributed by atoms with Crippen molar-refractivity contribution in [1.82, 2.24) is 0 Å². The van der Waals surface area contributed by atoms with Gasteiger partial charge in [0.25, 0.3) is 0 Å². The molecule has 1 aliphatic carbocycles. The van der Waals surface area contributed by atoms with Crippen molar-refractivity contribution in [3.63, 3.8) is 0 Å². The third-order valence-electron chi connectivity index (χ3n) is 4.69. The molecule has 0 radical (unpaired) electrons. The van der Waals surface area contributed by atoms with Crippen LogP contribution >= 0.6 is 0 Å². The topological polar surface area (TPSA) is 59.3 Å². The monoisotopic (exact) mass is 329 g/mol. The molecule has 1 fully saturated rings. The van der Waals surface area contributed by atoms with Gasteiger partial charge in [0, 0.05) is 0 Å². The number of hydrogen-bond acceptors (Lipinski definition) is 4. The first-order valence-electron chi connectivity index (χ1n) is 8.97. The average molecular weight is 329 g/mol. The maximum atomic E-state index is 12.3. The molecule has 1 aromatic rings. The summed E-state index contributed by atoms with van der Waals surface area (Å²) in [7, 11) is 0. The molecule has 0 N–H and O–H groups in total. The zero-order chi connectivity index (χ0) is 17.4. The lowest BCUT2D eigenvalue weighted by Gasteiger charge is -2.34. The van der Waals surface area contributed by atoms with Gasteiger partial charge < -0.3 is 9.47 Å². The summed E-state index contributed by atoms with van der Waals surface area (Å²) in [5.41, 5.74) is 0.333. The van der Waals surface area contributed by atoms with E-state index >= 15 is 0 Å². The molecule has 130 valence electrons. The predicted octanol–water partition coefficient (Wildman–Crippen LogP) is 4.88. The molecule has 0 heterocycles. The molecule has 0 amide bonds. The van der Waals surface area contributed by atoms with Crippen molar-refractivity contribution in [2.45, 2.75) is 64.9 Å². The lowest BCUT2D eigenvalue weighted by Crippen LogP contribution is -2.31. The standard InChI is InChI=1S/C20H27NO3/c1-3-11-20(15-21)12-9-18(10-13-20)24-19(22)16-5-7-17(8-6-16)23-14-4-2/h5-8,18H,3-4,9-14H2,1-2H3/t18-,20+. The summed E-state index contributed by atoms with van der Waals surface area (Å²) in [5.74, 6) is 0.478. The van der Waals surface area contributed by atoms with Gasteiger partial charge in [0.1, 0.15) is 11.9 Å². The van der Waals surface area contributed by atoms with Crippen molar-refractivity contribution in [3.8, 4) is 11.8 Å². The SMILES string of the molecule is CCCOc1ccc(C(=O)O[C@H]2CC[C@](C#N)(CCC)CC2)cc1. The van der Waals surface area contributed by atoms with E-state index in [1.165, 1.54) is 0 Å². The van der Waals surface area contributed by atoms with Gasteiger partial charge in [-0.15, -0.1) is 0 Å². The number of esters is 1. The highest BCUT2D eigenvalue weighted by Crippen LogP contribution is 2.40. The Balaban J connectivity index is 1.86. The molecular formula is C20H27NO3. The number of nitriles is 1. The summed E-state index contributed by atoms with van der Waals surface area (Å²) in [6.45, 7) is 4.83. The maximum Gasteiger partial charge on any atom is 0.338 e. The van der Waals surface area contributed by atoms with Crippen LogP contribution in [0.1, 0.15) is 69.2 Å². The van der Waals surface area contributed by atoms with Crippen LogP contribution in [0.3, 0.4) is 0 Å². The highest BCUT2D eigenvalue weighted by atomic mass is 16.5. The Morgan fingerprint density at radius 2 is 1.88 bits per heavy atom. The fourth-order valence-corrected chi connectivity index (χ4v) is 3.28. The van der Waals surface area contributed by atoms with Gasteiger partial charge in [-0.25, -0.2) is 4.79 Å². The second kappa shape index (κ2) is 8.73. The molecule has 4 nitrogen and oxygen atoms in total. The molecule has 0 saturated heterocycles. The number of rotatable bonds is 7. The molecule has 0 unspecified atom stereocenters. The van der Waals surface area contributed by atoms with Crippen LogP contribution in [-0.2, 0) is 4.74 Å². The Bertz CT molecular complexity index is 566. The largest absolute Gasteiger partial charge is 0.494 e. The van der Waals surface area contributed by atoms with E-state index in [1.807, 2.05) is 0 Å². The molecule has 0 aromatic heterocycles. The third kappa shape index (κ3) is 4.74. The van der Waals surface area contributed by atoms with E-state index in [2.05, 4.69) is 19.9 Å². The van der Waals surface area contributed by atoms with Crippen molar-refractivity contribution >= 4 is 5.97 Å². The summed E-state index contributed by atoms with van der Waals surface area (Å²) < 4.78 is 11.1. The molecule has 24 heavy (non-hydrogen) atoms. The smallest absolute Gasteiger partial charge is 0.338 e. The minimum atomic E-state index is -0.290. The summed E-state index contributed by atoms with van der Waals surface area (Å²) in [5, 5.41) is 9.44. The van der Waals surface area contributed by atoms with Gasteiger partial charge in [0.15, 0.2) is 0 Å². The van der Waals surface area contributed by atoms with E-state index in [9.17, 15) is 10.1 Å². The Morgan fingerprint density at radius 1 is 1.21 bits per heavy atom. The Labute approximate surface area is 144 Å². The Kier molecular flexibility index (Phi) is 6.66. The van der Waals surface area contributed by atoms with E-state index < -0.39 is 0 Å². The number of hydrogen-bond donors (Lipinski definition) is 0. The molecule has 0 atom stereocenters. The Hall–Kier alpha value is -2.02. The van der Waals surface area contributed by atoms with E-state index in [0.717, 1.165) is 50.7 Å². The first-order chi connectivity index (χ1) is 11.6. The molecule has 0 bridgehead atoms. The van der Waals surface area contributed by atoms with E-state index in [-0.39, 0.29) is 17.5 Å². The molecule has 0 aliphatic heterocycles. The number of ether oxygens (including phenoxy) is 2. The van der Waals surface area contributed by atoms with Crippen LogP contribution in [0.15, 0.2) is 24.3 Å². The van der Waals surface area contributed by atoms with Gasteiger partial charge in [0.2, 0.25) is 0 Å². The fraction of sp³-hybridized carbons (Fsp3) is 0.600. The molecule has 1 saturated carbocycles. The predicted molar refractivity (Wildman–Crippen MR) is 92.9 cm³/mol. The van der Waals surface area contributed by atoms with E-state index in [0.29, 0.717) is 12.2 Å². The molecule has 0 spiro atoms. The second-order valence-electron chi connectivity index (χ2n) is 6.62. The average Bonchev–Trinajstić information content (AvgIpc) is 2.62. The summed E-state index contributed by atoms with van der Waals surface area (Å²) in [4.78, 5) is 12.3. The van der Waals surface area contributed by atoms with Crippen LogP contribution in [0.2, 0.25) is 0 Å². The van der Waals surface area contributed by atoms with Gasteiger partial charge in [-0.3, -0.25) is 0 Å². The minimum absolute atomic E-state index is 0.0770. The summed E-state index contributed by atoms with van der Waals surface area (Å²) in [6, 6.07) is 9.58. The molecule has 1 aliphatic rings. The lowest BCUT2D eigenvalue weighted by molar-refractivity contribution is 0.0106. The van der Waals surface area contributed by atoms with Crippen LogP contribution < -0.4 is 4.74 Å². The van der Waals surface area contributed by atoms with Crippen molar-refractivity contribution in [1.29, 1.82) is 5.26 Å². The summed E-state index contributed by atoms with van der Waals surface area (Å²) >= 11 is 0. The number of nitrogens with zero attached hydrogens (tertiary/aromatic N) is 1. The second-order valence-corrected chi connectivity index (χ2v) is 6.62. The van der Waals surface area contributed by atoms with Crippen LogP contribution in [0.25, 0.3) is 0 Å². The van der Waals surface area contributed by atoms with Crippen LogP contribution in [-0.4, -0.2) is 18.7 Å². The maximum absolute atomic E-state index is 12.3. The van der Waals surface area contributed by atoms with E-state index in [4.69, 9.17) is 9.47 Å². The normalized spacial score (nSPS) is 23.3. The Morgan fingerprint density at radius 3 is 2.42 bits per heavy atom. The molecule has 2 rings (SSSR count). The number of carbonyl (C=O) groups is 1. The molecule has 1 aromatic carbocycles. The minimum Gasteiger partial charge on any atom is -0.494 e. The van der Waals surface area contributed by atoms with Crippen LogP contribution in [0.5, 0.6) is 5.75 Å². The molecular weight excluding hydrogens is 302 g/mol. The lowest BCUT2D eigenvalue weighted by atomic mass is 9.71. The van der Waals surface area contributed by atoms with Gasteiger partial charge in [-0.05, 0) is 62.8 Å². The third-order valence-corrected chi connectivity index (χ3v) is 4.69. The highest BCUT2D eigenvalue weighted by Gasteiger charge is 2.36. The zero-order valence-electron chi connectivity index (χ0n) is 14.7. The van der Waals surface area contributed by atoms with Crippen molar-refractivity contribution in [3.05, 3.63) is 29.8 Å². The first kappa shape index (κ1) is 18.3. The van der Waals surface area contributed by atoms with Crippen LogP contribution in [0.4, 0.5) is 0 Å². The first-order valence-corrected chi connectivity index (χ1v) is 8.97. The number of benzene rings is 1. The van der Waals surface area contributed by atoms with Gasteiger partial charge in [0.05, 0.1) is 23.7 Å². The van der Waals surface area contributed by atoms with E-state index in [1.54, 1.807) is 24.3 Å². The van der Waals surface area contributed by atoms with Gasteiger partial charge in [-0.1, -0.05) is 20.3 Å². The summed E-state index contributed by atoms with van der Waals surface area (Å²) in [6.07, 6.45) is 6.01.